The monoisotopic (exact) mass is 755 g/mol. The summed E-state index contributed by atoms with van der Waals surface area (Å²) in [5, 5.41) is 19.6. The summed E-state index contributed by atoms with van der Waals surface area (Å²) in [5.41, 5.74) is 10.2. The molecular formula is C34H32F7N5O5S. The zero-order chi connectivity index (χ0) is 38.8. The number of aliphatic carboxylic acids is 2. The Morgan fingerprint density at radius 1 is 0.962 bits per heavy atom. The number of thioether (sulfide) groups is 1. The van der Waals surface area contributed by atoms with E-state index in [1.165, 1.54) is 0 Å². The van der Waals surface area contributed by atoms with Gasteiger partial charge in [0.05, 0.1) is 18.5 Å². The van der Waals surface area contributed by atoms with Crippen LogP contribution in [0.1, 0.15) is 36.8 Å². The Morgan fingerprint density at radius 3 is 2.17 bits per heavy atom. The molecule has 0 fully saturated rings. The molecule has 52 heavy (non-hydrogen) atoms. The quantitative estimate of drug-likeness (QED) is 0.0728. The molecule has 0 saturated carbocycles. The molecule has 0 radical (unpaired) electrons. The number of nitrogens with zero attached hydrogens (tertiary/aromatic N) is 2. The molecule has 1 unspecified atom stereocenters. The average molecular weight is 756 g/mol. The molecule has 0 aliphatic carbocycles. The zero-order valence-electron chi connectivity index (χ0n) is 27.6. The lowest BCUT2D eigenvalue weighted by Gasteiger charge is -2.22. The number of pyridine rings is 1. The summed E-state index contributed by atoms with van der Waals surface area (Å²) in [6.07, 6.45) is -3.90. The number of alkyl halides is 6. The number of aryl methyl sites for hydroxylation is 1. The number of nitrogen functional groups attached to an aromatic ring is 1. The van der Waals surface area contributed by atoms with Crippen LogP contribution in [0.3, 0.4) is 0 Å². The van der Waals surface area contributed by atoms with Crippen LogP contribution in [0.15, 0.2) is 78.0 Å². The third kappa shape index (κ3) is 10.7. The van der Waals surface area contributed by atoms with Gasteiger partial charge >= 0.3 is 24.3 Å². The van der Waals surface area contributed by atoms with E-state index in [2.05, 4.69) is 27.4 Å². The van der Waals surface area contributed by atoms with E-state index in [1.54, 1.807) is 30.2 Å². The highest BCUT2D eigenvalue weighted by molar-refractivity contribution is 7.98. The van der Waals surface area contributed by atoms with Crippen LogP contribution in [0.4, 0.5) is 42.2 Å². The van der Waals surface area contributed by atoms with Crippen LogP contribution < -0.4 is 15.8 Å². The molecule has 278 valence electrons. The molecule has 0 aliphatic rings. The highest BCUT2D eigenvalue weighted by Crippen LogP contribution is 2.36. The number of ether oxygens (including phenoxy) is 1. The van der Waals surface area contributed by atoms with E-state index < -0.39 is 36.2 Å². The van der Waals surface area contributed by atoms with Crippen LogP contribution in [-0.4, -0.2) is 62.3 Å². The van der Waals surface area contributed by atoms with E-state index in [0.717, 1.165) is 44.6 Å². The number of benzene rings is 3. The van der Waals surface area contributed by atoms with Crippen LogP contribution >= 0.6 is 11.8 Å². The number of imidazole rings is 1. The van der Waals surface area contributed by atoms with Crippen LogP contribution in [0.2, 0.25) is 0 Å². The molecule has 0 spiro atoms. The van der Waals surface area contributed by atoms with Gasteiger partial charge in [-0.1, -0.05) is 31.2 Å². The van der Waals surface area contributed by atoms with E-state index in [0.29, 0.717) is 23.8 Å². The number of carboxylic acids is 2. The Balaban J connectivity index is 0.000000441. The van der Waals surface area contributed by atoms with E-state index >= 15 is 4.39 Å². The minimum Gasteiger partial charge on any atom is -0.491 e. The van der Waals surface area contributed by atoms with Gasteiger partial charge in [0.15, 0.2) is 11.6 Å². The maximum atomic E-state index is 15.9. The van der Waals surface area contributed by atoms with Crippen molar-refractivity contribution >= 4 is 46.0 Å². The number of fused-ring (bicyclic) bond motifs is 1. The first kappa shape index (κ1) is 40.9. The van der Waals surface area contributed by atoms with Gasteiger partial charge in [0.25, 0.3) is 0 Å². The van der Waals surface area contributed by atoms with Crippen molar-refractivity contribution in [2.45, 2.75) is 43.6 Å². The fourth-order valence-corrected chi connectivity index (χ4v) is 5.20. The second-order valence-electron chi connectivity index (χ2n) is 10.5. The molecule has 2 aromatic heterocycles. The predicted molar refractivity (Wildman–Crippen MR) is 182 cm³/mol. The molecular weight excluding hydrogens is 723 g/mol. The van der Waals surface area contributed by atoms with Gasteiger partial charge in [0.1, 0.15) is 17.7 Å². The first-order valence-electron chi connectivity index (χ1n) is 15.1. The summed E-state index contributed by atoms with van der Waals surface area (Å²) in [6, 6.07) is 18.9. The number of nitrogens with two attached hydrogens (primary N) is 1. The van der Waals surface area contributed by atoms with Gasteiger partial charge in [0, 0.05) is 33.3 Å². The molecule has 18 heteroatoms. The second kappa shape index (κ2) is 17.6. The number of aromatic amines is 1. The largest absolute Gasteiger partial charge is 0.491 e. The van der Waals surface area contributed by atoms with Gasteiger partial charge in [-0.05, 0) is 66.9 Å². The number of anilines is 2. The lowest BCUT2D eigenvalue weighted by molar-refractivity contribution is -0.193. The fraction of sp³-hybridized carbons (Fsp3) is 0.235. The standard InChI is InChI=1S/C30H30FN5OS.2C2HF3O2/c1-4-18-14-23(27(31)25(15-18)37-5-2)28(35-20-10-11-21-19(16-20)12-13-33-29(21)32)30-34-17-24(36-30)22-8-6-7-9-26(22)38-3;2*3-2(4,5)1(6)7/h6-17,28,35H,4-5H2,1-3H3,(H2,32,33)(H,34,36);2*(H,6,7). The summed E-state index contributed by atoms with van der Waals surface area (Å²) < 4.78 is 85.1. The van der Waals surface area contributed by atoms with Crippen molar-refractivity contribution in [3.05, 3.63) is 95.8 Å². The first-order chi connectivity index (χ1) is 24.4. The Kier molecular flexibility index (Phi) is 13.9. The number of aromatic nitrogens is 3. The minimum atomic E-state index is -5.08. The third-order valence-corrected chi connectivity index (χ3v) is 7.80. The summed E-state index contributed by atoms with van der Waals surface area (Å²) in [4.78, 5) is 31.3. The Bertz CT molecular complexity index is 1980. The van der Waals surface area contributed by atoms with Crippen LogP contribution in [0.25, 0.3) is 22.0 Å². The second-order valence-corrected chi connectivity index (χ2v) is 11.3. The number of nitrogens with one attached hydrogen (secondary N) is 2. The normalized spacial score (nSPS) is 11.8. The number of H-pyrrole nitrogens is 1. The number of carbonyl (C=O) groups is 2. The SMILES string of the molecule is CCOc1cc(CC)cc(C(Nc2ccc3c(N)nccc3c2)c2ncc(-c3ccccc3SC)[nH]2)c1F.O=C(O)C(F)(F)F.O=C(O)C(F)(F)F. The Hall–Kier alpha value is -5.52. The number of rotatable bonds is 9. The van der Waals surface area contributed by atoms with E-state index in [1.807, 2.05) is 62.6 Å². The number of hydrogen-bond donors (Lipinski definition) is 5. The lowest BCUT2D eigenvalue weighted by atomic mass is 9.99. The van der Waals surface area contributed by atoms with Gasteiger partial charge in [-0.3, -0.25) is 0 Å². The minimum absolute atomic E-state index is 0.241. The van der Waals surface area contributed by atoms with E-state index in [-0.39, 0.29) is 5.75 Å². The Labute approximate surface area is 296 Å². The van der Waals surface area contributed by atoms with Gasteiger partial charge in [0.2, 0.25) is 0 Å². The van der Waals surface area contributed by atoms with Crippen LogP contribution in [-0.2, 0) is 16.0 Å². The number of hydrogen-bond acceptors (Lipinski definition) is 8. The molecule has 5 aromatic rings. The molecule has 1 atom stereocenters. The van der Waals surface area contributed by atoms with Crippen LogP contribution in [0, 0.1) is 5.82 Å². The van der Waals surface area contributed by atoms with Crippen molar-refractivity contribution in [2.75, 3.05) is 23.9 Å². The van der Waals surface area contributed by atoms with E-state index in [4.69, 9.17) is 35.3 Å². The average Bonchev–Trinajstić information content (AvgIpc) is 3.58. The van der Waals surface area contributed by atoms with Crippen molar-refractivity contribution in [3.63, 3.8) is 0 Å². The molecule has 0 amide bonds. The van der Waals surface area contributed by atoms with Crippen LogP contribution in [0.5, 0.6) is 5.75 Å². The zero-order valence-corrected chi connectivity index (χ0v) is 28.4. The summed E-state index contributed by atoms with van der Waals surface area (Å²) in [6.45, 7) is 4.27. The van der Waals surface area contributed by atoms with Crippen molar-refractivity contribution in [3.8, 4) is 17.0 Å². The van der Waals surface area contributed by atoms with Gasteiger partial charge < -0.3 is 31.0 Å². The van der Waals surface area contributed by atoms with Gasteiger partial charge in [-0.2, -0.15) is 26.3 Å². The van der Waals surface area contributed by atoms with Crippen molar-refractivity contribution in [1.29, 1.82) is 0 Å². The third-order valence-electron chi connectivity index (χ3n) is 7.00. The summed E-state index contributed by atoms with van der Waals surface area (Å²) in [7, 11) is 0. The molecule has 6 N–H and O–H groups in total. The Morgan fingerprint density at radius 2 is 1.60 bits per heavy atom. The molecule has 0 aliphatic heterocycles. The molecule has 10 nitrogen and oxygen atoms in total. The lowest BCUT2D eigenvalue weighted by Crippen LogP contribution is -2.21. The predicted octanol–water partition coefficient (Wildman–Crippen LogP) is 8.50. The molecule has 2 heterocycles. The highest BCUT2D eigenvalue weighted by Gasteiger charge is 2.39. The number of halogens is 7. The van der Waals surface area contributed by atoms with Crippen molar-refractivity contribution in [2.24, 2.45) is 0 Å². The molecule has 0 bridgehead atoms. The first-order valence-corrected chi connectivity index (χ1v) is 16.3. The summed E-state index contributed by atoms with van der Waals surface area (Å²) >= 11 is 1.67. The van der Waals surface area contributed by atoms with E-state index in [9.17, 15) is 26.3 Å². The molecule has 3 aromatic carbocycles. The maximum absolute atomic E-state index is 15.9. The molecule has 5 rings (SSSR count). The van der Waals surface area contributed by atoms with Gasteiger partial charge in [-0.25, -0.2) is 23.9 Å². The maximum Gasteiger partial charge on any atom is 0.490 e. The summed E-state index contributed by atoms with van der Waals surface area (Å²) in [5.74, 6) is -4.61. The topological polar surface area (TPSA) is 163 Å². The number of carboxylic acid groups (broad SMARTS) is 2. The van der Waals surface area contributed by atoms with Crippen molar-refractivity contribution in [1.82, 2.24) is 15.0 Å². The molecule has 0 saturated heterocycles. The highest BCUT2D eigenvalue weighted by atomic mass is 32.2. The fourth-order valence-electron chi connectivity index (χ4n) is 4.59. The van der Waals surface area contributed by atoms with Crippen molar-refractivity contribution < 1.29 is 55.3 Å². The van der Waals surface area contributed by atoms with Gasteiger partial charge in [-0.15, -0.1) is 11.8 Å². The smallest absolute Gasteiger partial charge is 0.490 e.